The molecule has 0 saturated heterocycles. The second-order valence-electron chi connectivity index (χ2n) is 17.2. The van der Waals surface area contributed by atoms with E-state index in [0.29, 0.717) is 0 Å². The summed E-state index contributed by atoms with van der Waals surface area (Å²) in [5, 5.41) is 2.35. The zero-order chi connectivity index (χ0) is 39.7. The minimum absolute atomic E-state index is 0.127. The maximum Gasteiger partial charge on any atom is 0.136 e. The molecule has 0 N–H and O–H groups in total. The highest BCUT2D eigenvalue weighted by Gasteiger charge is 2.52. The molecular weight excluding hydrogens is 727 g/mol. The first-order valence-corrected chi connectivity index (χ1v) is 21.0. The van der Waals surface area contributed by atoms with Crippen LogP contribution in [0.1, 0.15) is 47.2 Å². The summed E-state index contributed by atoms with van der Waals surface area (Å²) in [5.41, 5.74) is 22.8. The summed E-state index contributed by atoms with van der Waals surface area (Å²) in [5.74, 6) is 0. The van der Waals surface area contributed by atoms with Crippen LogP contribution in [0.2, 0.25) is 0 Å². The summed E-state index contributed by atoms with van der Waals surface area (Å²) < 4.78 is 6.51. The van der Waals surface area contributed by atoms with Gasteiger partial charge in [-0.2, -0.15) is 0 Å². The van der Waals surface area contributed by atoms with Crippen molar-refractivity contribution < 1.29 is 4.42 Å². The number of benzene rings is 9. The van der Waals surface area contributed by atoms with E-state index in [9.17, 15) is 0 Å². The normalized spacial score (nSPS) is 16.0. The van der Waals surface area contributed by atoms with Crippen molar-refractivity contribution in [2.75, 3.05) is 4.90 Å². The molecule has 9 aromatic carbocycles. The number of nitrogens with zero attached hydrogens (tertiary/aromatic N) is 1. The molecule has 2 nitrogen and oxygen atoms in total. The highest BCUT2D eigenvalue weighted by molar-refractivity contribution is 6.16. The standard InChI is InChI=1S/C58H39NO/c1-57(2)45-24-10-7-21-41(45)54-49(57)27-15-28-51(54)59(38-19-14-18-37(34-38)36-16-4-3-5-17-36)39-30-31-48-44(35-39)40-20-6-11-25-46(40)58(48)47-26-12-8-22-42(47)55-50(58)32-33-53-56(55)43-23-9-13-29-52(43)60-53/h3-35H,1-2H3. The molecule has 60 heavy (non-hydrogen) atoms. The topological polar surface area (TPSA) is 16.4 Å². The molecule has 1 atom stereocenters. The van der Waals surface area contributed by atoms with Crippen molar-refractivity contribution in [2.45, 2.75) is 24.7 Å². The molecule has 1 aromatic heterocycles. The molecule has 1 spiro atoms. The van der Waals surface area contributed by atoms with Crippen molar-refractivity contribution in [2.24, 2.45) is 0 Å². The predicted octanol–water partition coefficient (Wildman–Crippen LogP) is 15.4. The molecule has 3 aliphatic rings. The summed E-state index contributed by atoms with van der Waals surface area (Å²) in [6, 6.07) is 74.1. The first-order chi connectivity index (χ1) is 29.5. The van der Waals surface area contributed by atoms with E-state index in [2.05, 4.69) is 219 Å². The van der Waals surface area contributed by atoms with Gasteiger partial charge >= 0.3 is 0 Å². The molecule has 0 bridgehead atoms. The molecule has 282 valence electrons. The number of hydrogen-bond donors (Lipinski definition) is 0. The van der Waals surface area contributed by atoms with Gasteiger partial charge in [-0.05, 0) is 115 Å². The van der Waals surface area contributed by atoms with Crippen LogP contribution in [0.4, 0.5) is 17.1 Å². The van der Waals surface area contributed by atoms with Crippen molar-refractivity contribution in [1.82, 2.24) is 0 Å². The van der Waals surface area contributed by atoms with Crippen LogP contribution < -0.4 is 4.90 Å². The fourth-order valence-electron chi connectivity index (χ4n) is 11.4. The maximum atomic E-state index is 6.51. The van der Waals surface area contributed by atoms with E-state index in [1.165, 1.54) is 89.0 Å². The van der Waals surface area contributed by atoms with Gasteiger partial charge in [-0.25, -0.2) is 0 Å². The van der Waals surface area contributed by atoms with Gasteiger partial charge in [-0.1, -0.05) is 172 Å². The van der Waals surface area contributed by atoms with Crippen molar-refractivity contribution in [3.05, 3.63) is 234 Å². The van der Waals surface area contributed by atoms with Gasteiger partial charge in [0.15, 0.2) is 0 Å². The Labute approximate surface area is 349 Å². The summed E-state index contributed by atoms with van der Waals surface area (Å²) in [4.78, 5) is 2.51. The van der Waals surface area contributed by atoms with Gasteiger partial charge in [0, 0.05) is 33.1 Å². The zero-order valence-electron chi connectivity index (χ0n) is 33.4. The largest absolute Gasteiger partial charge is 0.456 e. The van der Waals surface area contributed by atoms with E-state index in [1.54, 1.807) is 0 Å². The molecule has 2 heteroatoms. The molecule has 0 saturated carbocycles. The number of fused-ring (bicyclic) bond motifs is 17. The predicted molar refractivity (Wildman–Crippen MR) is 248 cm³/mol. The highest BCUT2D eigenvalue weighted by atomic mass is 16.3. The Morgan fingerprint density at radius 1 is 0.383 bits per heavy atom. The number of rotatable bonds is 4. The second kappa shape index (κ2) is 12.1. The molecular formula is C58H39NO. The van der Waals surface area contributed by atoms with Crippen LogP contribution in [-0.4, -0.2) is 0 Å². The van der Waals surface area contributed by atoms with E-state index < -0.39 is 5.41 Å². The lowest BCUT2D eigenvalue weighted by molar-refractivity contribution is 0.660. The average Bonchev–Trinajstić information content (AvgIpc) is 3.99. The Kier molecular flexibility index (Phi) is 6.74. The monoisotopic (exact) mass is 765 g/mol. The van der Waals surface area contributed by atoms with Crippen LogP contribution >= 0.6 is 0 Å². The van der Waals surface area contributed by atoms with E-state index in [1.807, 2.05) is 0 Å². The fourth-order valence-corrected chi connectivity index (χ4v) is 11.4. The first kappa shape index (κ1) is 33.5. The third kappa shape index (κ3) is 4.27. The zero-order valence-corrected chi connectivity index (χ0v) is 33.4. The maximum absolute atomic E-state index is 6.51. The smallest absolute Gasteiger partial charge is 0.136 e. The van der Waals surface area contributed by atoms with E-state index >= 15 is 0 Å². The van der Waals surface area contributed by atoms with E-state index in [0.717, 1.165) is 27.9 Å². The number of para-hydroxylation sites is 1. The SMILES string of the molecule is CC1(C)c2ccccc2-c2c(N(c3cccc(-c4ccccc4)c3)c3ccc4c(c3)-c3ccccc3C43c4ccccc4-c4c3ccc3oc5ccccc5c43)cccc21. The quantitative estimate of drug-likeness (QED) is 0.177. The van der Waals surface area contributed by atoms with Gasteiger partial charge in [-0.3, -0.25) is 0 Å². The van der Waals surface area contributed by atoms with Gasteiger partial charge in [0.05, 0.1) is 11.1 Å². The Morgan fingerprint density at radius 2 is 0.983 bits per heavy atom. The Morgan fingerprint density at radius 3 is 1.82 bits per heavy atom. The Hall–Kier alpha value is -7.42. The van der Waals surface area contributed by atoms with Crippen molar-refractivity contribution >= 4 is 39.0 Å². The van der Waals surface area contributed by atoms with Crippen LogP contribution in [0.3, 0.4) is 0 Å². The van der Waals surface area contributed by atoms with Crippen molar-refractivity contribution in [3.8, 4) is 44.5 Å². The minimum Gasteiger partial charge on any atom is -0.456 e. The summed E-state index contributed by atoms with van der Waals surface area (Å²) in [6.07, 6.45) is 0. The summed E-state index contributed by atoms with van der Waals surface area (Å²) in [6.45, 7) is 4.73. The van der Waals surface area contributed by atoms with E-state index in [4.69, 9.17) is 4.42 Å². The molecule has 1 unspecified atom stereocenters. The van der Waals surface area contributed by atoms with E-state index in [-0.39, 0.29) is 5.41 Å². The lowest BCUT2D eigenvalue weighted by Gasteiger charge is -2.32. The Bertz CT molecular complexity index is 3420. The molecule has 0 amide bonds. The van der Waals surface area contributed by atoms with Crippen LogP contribution in [0.15, 0.2) is 205 Å². The van der Waals surface area contributed by atoms with Crippen LogP contribution in [0, 0.1) is 0 Å². The lowest BCUT2D eigenvalue weighted by atomic mass is 9.70. The minimum atomic E-state index is -0.488. The van der Waals surface area contributed by atoms with Gasteiger partial charge in [0.25, 0.3) is 0 Å². The molecule has 0 aliphatic heterocycles. The van der Waals surface area contributed by atoms with Gasteiger partial charge in [0.1, 0.15) is 11.2 Å². The molecule has 3 aliphatic carbocycles. The van der Waals surface area contributed by atoms with Crippen molar-refractivity contribution in [1.29, 1.82) is 0 Å². The fraction of sp³-hybridized carbons (Fsp3) is 0.0690. The molecule has 0 fully saturated rings. The third-order valence-electron chi connectivity index (χ3n) is 13.9. The van der Waals surface area contributed by atoms with Crippen LogP contribution in [0.5, 0.6) is 0 Å². The second-order valence-corrected chi connectivity index (χ2v) is 17.2. The lowest BCUT2D eigenvalue weighted by Crippen LogP contribution is -2.25. The molecule has 0 radical (unpaired) electrons. The van der Waals surface area contributed by atoms with Crippen LogP contribution in [0.25, 0.3) is 66.4 Å². The summed E-state index contributed by atoms with van der Waals surface area (Å²) >= 11 is 0. The Balaban J connectivity index is 1.09. The van der Waals surface area contributed by atoms with Gasteiger partial charge in [0.2, 0.25) is 0 Å². The number of hydrogen-bond acceptors (Lipinski definition) is 2. The summed E-state index contributed by atoms with van der Waals surface area (Å²) in [7, 11) is 0. The average molecular weight is 766 g/mol. The molecule has 10 aromatic rings. The first-order valence-electron chi connectivity index (χ1n) is 21.0. The highest BCUT2D eigenvalue weighted by Crippen LogP contribution is 2.65. The third-order valence-corrected chi connectivity index (χ3v) is 13.9. The number of furan rings is 1. The molecule has 13 rings (SSSR count). The number of anilines is 3. The van der Waals surface area contributed by atoms with Gasteiger partial charge in [-0.15, -0.1) is 0 Å². The van der Waals surface area contributed by atoms with Gasteiger partial charge < -0.3 is 9.32 Å². The van der Waals surface area contributed by atoms with Crippen molar-refractivity contribution in [3.63, 3.8) is 0 Å². The van der Waals surface area contributed by atoms with Crippen LogP contribution in [-0.2, 0) is 10.8 Å². The molecule has 1 heterocycles.